The molecule has 11 heteroatoms. The molecule has 2 aromatic carbocycles. The number of phenolic OH excluding ortho intramolecular Hbond substituents is 1. The Kier molecular flexibility index (Phi) is 6.95. The molecule has 0 radical (unpaired) electrons. The van der Waals surface area contributed by atoms with Crippen LogP contribution in [0.1, 0.15) is 27.9 Å². The first-order valence-electron chi connectivity index (χ1n) is 13.0. The Morgan fingerprint density at radius 2 is 1.93 bits per heavy atom. The maximum atomic E-state index is 13.9. The predicted octanol–water partition coefficient (Wildman–Crippen LogP) is 1.01. The number of nitrogens with one attached hydrogen (secondary N) is 1. The molecular formula is C29H33N3O8. The van der Waals surface area contributed by atoms with Crippen LogP contribution in [-0.2, 0) is 27.3 Å². The van der Waals surface area contributed by atoms with Crippen molar-refractivity contribution < 1.29 is 39.5 Å². The highest BCUT2D eigenvalue weighted by Gasteiger charge is 2.63. The molecule has 0 heterocycles. The third kappa shape index (κ3) is 4.00. The molecule has 0 saturated carbocycles. The Labute approximate surface area is 230 Å². The molecule has 0 fully saturated rings. The standard InChI is InChI=1S/C29H33N3O8/c1-32(2)22-18-11-16-10-15-9-14-5-4-13(12-31-6-7-40-3)8-17(14)23(33)19(15)24(34)20(16)26(36)29(18,39)27(37)21(25(22)35)28(30)38/h4-5,8-9,16,18,22,31,33,35-36,39H,6-7,10-12H2,1-3H3,(H2,30,38)/t16-,18-,22-,29-/m0/s1. The molecule has 40 heavy (non-hydrogen) atoms. The zero-order valence-corrected chi connectivity index (χ0v) is 22.5. The highest BCUT2D eigenvalue weighted by molar-refractivity contribution is 6.25. The quantitative estimate of drug-likeness (QED) is 0.215. The number of carbonyl (C=O) groups is 3. The predicted molar refractivity (Wildman–Crippen MR) is 145 cm³/mol. The molecule has 212 valence electrons. The second kappa shape index (κ2) is 10.0. The molecule has 0 bridgehead atoms. The van der Waals surface area contributed by atoms with Crippen LogP contribution in [0.3, 0.4) is 0 Å². The van der Waals surface area contributed by atoms with Gasteiger partial charge in [-0.3, -0.25) is 19.3 Å². The van der Waals surface area contributed by atoms with E-state index in [2.05, 4.69) is 5.32 Å². The molecule has 0 aromatic heterocycles. The third-order valence-corrected chi connectivity index (χ3v) is 8.40. The number of nitrogens with two attached hydrogens (primary N) is 1. The summed E-state index contributed by atoms with van der Waals surface area (Å²) in [6.07, 6.45) is 0.301. The summed E-state index contributed by atoms with van der Waals surface area (Å²) in [4.78, 5) is 40.9. The number of aliphatic hydroxyl groups excluding tert-OH is 2. The Morgan fingerprint density at radius 3 is 2.58 bits per heavy atom. The van der Waals surface area contributed by atoms with Gasteiger partial charge in [-0.15, -0.1) is 0 Å². The number of carbonyl (C=O) groups excluding carboxylic acids is 3. The van der Waals surface area contributed by atoms with Gasteiger partial charge in [0.2, 0.25) is 5.78 Å². The van der Waals surface area contributed by atoms with Gasteiger partial charge in [0.25, 0.3) is 5.91 Å². The summed E-state index contributed by atoms with van der Waals surface area (Å²) in [6, 6.07) is 6.38. The van der Waals surface area contributed by atoms with Crippen LogP contribution in [0.15, 0.2) is 46.9 Å². The Hall–Kier alpha value is -3.77. The minimum Gasteiger partial charge on any atom is -0.510 e. The molecular weight excluding hydrogens is 518 g/mol. The van der Waals surface area contributed by atoms with Gasteiger partial charge in [0, 0.05) is 37.1 Å². The summed E-state index contributed by atoms with van der Waals surface area (Å²) in [6.45, 7) is 1.70. The van der Waals surface area contributed by atoms with Crippen LogP contribution in [0, 0.1) is 11.8 Å². The van der Waals surface area contributed by atoms with Crippen LogP contribution in [0.25, 0.3) is 10.8 Å². The average Bonchev–Trinajstić information content (AvgIpc) is 2.88. The number of aliphatic hydroxyl groups is 3. The number of fused-ring (bicyclic) bond motifs is 4. The number of hydrogen-bond acceptors (Lipinski definition) is 10. The van der Waals surface area contributed by atoms with Gasteiger partial charge < -0.3 is 36.2 Å². The van der Waals surface area contributed by atoms with Crippen molar-refractivity contribution in [1.82, 2.24) is 10.2 Å². The highest BCUT2D eigenvalue weighted by Crippen LogP contribution is 2.52. The van der Waals surface area contributed by atoms with E-state index in [1.54, 1.807) is 27.3 Å². The van der Waals surface area contributed by atoms with Crippen LogP contribution in [0.2, 0.25) is 0 Å². The summed E-state index contributed by atoms with van der Waals surface area (Å²) < 4.78 is 5.04. The molecule has 0 aliphatic heterocycles. The molecule has 3 aliphatic carbocycles. The fraction of sp³-hybridized carbons (Fsp3) is 0.414. The number of likely N-dealkylation sites (N-methyl/N-ethyl adjacent to an activating group) is 1. The zero-order valence-electron chi connectivity index (χ0n) is 22.5. The monoisotopic (exact) mass is 551 g/mol. The fourth-order valence-corrected chi connectivity index (χ4v) is 6.58. The number of amides is 1. The number of rotatable bonds is 7. The van der Waals surface area contributed by atoms with Crippen LogP contribution >= 0.6 is 0 Å². The number of ether oxygens (including phenoxy) is 1. The molecule has 0 unspecified atom stereocenters. The minimum absolute atomic E-state index is 0.00206. The first-order valence-corrected chi connectivity index (χ1v) is 13.0. The molecule has 0 spiro atoms. The molecule has 11 nitrogen and oxygen atoms in total. The number of Topliss-reactive ketones (excluding diaryl/α,β-unsaturated/α-hetero) is 2. The topological polar surface area (TPSA) is 183 Å². The number of aromatic hydroxyl groups is 1. The molecule has 7 N–H and O–H groups in total. The maximum Gasteiger partial charge on any atom is 0.255 e. The van der Waals surface area contributed by atoms with E-state index >= 15 is 0 Å². The summed E-state index contributed by atoms with van der Waals surface area (Å²) in [7, 11) is 4.80. The van der Waals surface area contributed by atoms with E-state index in [4.69, 9.17) is 10.5 Å². The normalized spacial score (nSPS) is 26.3. The number of phenols is 1. The van der Waals surface area contributed by atoms with E-state index in [-0.39, 0.29) is 29.7 Å². The Balaban J connectivity index is 1.62. The van der Waals surface area contributed by atoms with Crippen molar-refractivity contribution in [3.8, 4) is 5.75 Å². The third-order valence-electron chi connectivity index (χ3n) is 8.40. The number of allylic oxidation sites excluding steroid dienone is 1. The van der Waals surface area contributed by atoms with Gasteiger partial charge in [-0.05, 0) is 55.4 Å². The van der Waals surface area contributed by atoms with Crippen molar-refractivity contribution in [2.24, 2.45) is 17.6 Å². The lowest BCUT2D eigenvalue weighted by atomic mass is 9.58. The lowest BCUT2D eigenvalue weighted by molar-refractivity contribution is -0.148. The minimum atomic E-state index is -2.65. The van der Waals surface area contributed by atoms with Crippen molar-refractivity contribution in [2.75, 3.05) is 34.4 Å². The van der Waals surface area contributed by atoms with E-state index in [1.165, 1.54) is 4.90 Å². The molecule has 5 rings (SSSR count). The summed E-state index contributed by atoms with van der Waals surface area (Å²) in [5, 5.41) is 49.7. The van der Waals surface area contributed by atoms with Crippen LogP contribution < -0.4 is 11.1 Å². The van der Waals surface area contributed by atoms with Gasteiger partial charge in [0.15, 0.2) is 11.4 Å². The van der Waals surface area contributed by atoms with Gasteiger partial charge in [0.1, 0.15) is 22.8 Å². The highest BCUT2D eigenvalue weighted by atomic mass is 16.5. The van der Waals surface area contributed by atoms with Crippen molar-refractivity contribution in [1.29, 1.82) is 0 Å². The molecule has 2 aromatic rings. The zero-order chi connectivity index (χ0) is 29.1. The van der Waals surface area contributed by atoms with Crippen molar-refractivity contribution in [3.05, 3.63) is 63.6 Å². The fourth-order valence-electron chi connectivity index (χ4n) is 6.58. The summed E-state index contributed by atoms with van der Waals surface area (Å²) in [5.74, 6) is -6.58. The second-order valence-corrected chi connectivity index (χ2v) is 10.9. The number of primary amides is 1. The molecule has 4 atom stereocenters. The van der Waals surface area contributed by atoms with E-state index in [0.717, 1.165) is 10.9 Å². The Bertz CT molecular complexity index is 1510. The molecule has 0 saturated heterocycles. The lowest BCUT2D eigenvalue weighted by Gasteiger charge is -2.50. The van der Waals surface area contributed by atoms with E-state index in [1.807, 2.05) is 18.2 Å². The SMILES string of the molecule is COCCNCc1ccc2cc3c(c(O)c2c1)C(=O)C1=C(O)[C@]2(O)C(=O)C(C(N)=O)=C(O)[C@@H](N(C)C)[C@@H]2C[C@@H]1C3. The van der Waals surface area contributed by atoms with Gasteiger partial charge in [-0.2, -0.15) is 0 Å². The largest absolute Gasteiger partial charge is 0.510 e. The maximum absolute atomic E-state index is 13.9. The lowest BCUT2D eigenvalue weighted by Crippen LogP contribution is -2.63. The Morgan fingerprint density at radius 1 is 1.20 bits per heavy atom. The van der Waals surface area contributed by atoms with E-state index in [0.29, 0.717) is 30.6 Å². The second-order valence-electron chi connectivity index (χ2n) is 10.9. The van der Waals surface area contributed by atoms with Crippen molar-refractivity contribution in [2.45, 2.75) is 31.0 Å². The molecule has 3 aliphatic rings. The van der Waals surface area contributed by atoms with Crippen LogP contribution in [0.5, 0.6) is 5.75 Å². The average molecular weight is 552 g/mol. The summed E-state index contributed by atoms with van der Waals surface area (Å²) >= 11 is 0. The van der Waals surface area contributed by atoms with Crippen molar-refractivity contribution >= 4 is 28.2 Å². The van der Waals surface area contributed by atoms with E-state index in [9.17, 15) is 34.8 Å². The number of methoxy groups -OCH3 is 1. The first kappa shape index (κ1) is 27.8. The number of benzene rings is 2. The molecule has 1 amide bonds. The van der Waals surface area contributed by atoms with Crippen LogP contribution in [0.4, 0.5) is 0 Å². The van der Waals surface area contributed by atoms with Gasteiger partial charge in [-0.25, -0.2) is 0 Å². The number of nitrogens with zero attached hydrogens (tertiary/aromatic N) is 1. The summed E-state index contributed by atoms with van der Waals surface area (Å²) in [5.41, 5.74) is 3.18. The van der Waals surface area contributed by atoms with Crippen LogP contribution in [-0.4, -0.2) is 88.8 Å². The smallest absolute Gasteiger partial charge is 0.255 e. The number of hydrogen-bond donors (Lipinski definition) is 6. The van der Waals surface area contributed by atoms with Gasteiger partial charge in [0.05, 0.1) is 18.2 Å². The van der Waals surface area contributed by atoms with Gasteiger partial charge in [-0.1, -0.05) is 18.2 Å². The van der Waals surface area contributed by atoms with Gasteiger partial charge >= 0.3 is 0 Å². The number of ketones is 2. The first-order chi connectivity index (χ1) is 18.9. The van der Waals surface area contributed by atoms with E-state index < -0.39 is 58.0 Å². The van der Waals surface area contributed by atoms with Crippen molar-refractivity contribution in [3.63, 3.8) is 0 Å².